The van der Waals surface area contributed by atoms with Crippen molar-refractivity contribution in [1.29, 1.82) is 0 Å². The van der Waals surface area contributed by atoms with Crippen molar-refractivity contribution in [2.45, 2.75) is 11.3 Å². The smallest absolute Gasteiger partial charge is 0.255 e. The number of nitrogens with one attached hydrogen (secondary N) is 1. The van der Waals surface area contributed by atoms with Crippen molar-refractivity contribution in [3.63, 3.8) is 0 Å². The number of pyridine rings is 1. The van der Waals surface area contributed by atoms with Crippen LogP contribution in [0.1, 0.15) is 5.56 Å². The van der Waals surface area contributed by atoms with E-state index in [1.807, 2.05) is 30.3 Å². The monoisotopic (exact) mass is 362 g/mol. The molecule has 1 aliphatic rings. The van der Waals surface area contributed by atoms with Gasteiger partial charge in [-0.1, -0.05) is 29.3 Å². The highest BCUT2D eigenvalue weighted by molar-refractivity contribution is 8.00. The zero-order chi connectivity index (χ0) is 16.0. The van der Waals surface area contributed by atoms with Crippen LogP contribution in [0.2, 0.25) is 10.0 Å². The molecule has 0 fully saturated rings. The number of halogens is 2. The maximum absolute atomic E-state index is 11.9. The van der Waals surface area contributed by atoms with Crippen molar-refractivity contribution in [2.24, 2.45) is 0 Å². The van der Waals surface area contributed by atoms with Gasteiger partial charge in [0.05, 0.1) is 5.69 Å². The van der Waals surface area contributed by atoms with Gasteiger partial charge in [-0.15, -0.1) is 0 Å². The van der Waals surface area contributed by atoms with Crippen molar-refractivity contribution in [3.05, 3.63) is 68.6 Å². The predicted octanol–water partition coefficient (Wildman–Crippen LogP) is 4.90. The minimum Gasteiger partial charge on any atom is -0.329 e. The Morgan fingerprint density at radius 3 is 2.87 bits per heavy atom. The molecule has 1 N–H and O–H groups in total. The fourth-order valence-electron chi connectivity index (χ4n) is 2.88. The largest absolute Gasteiger partial charge is 0.329 e. The summed E-state index contributed by atoms with van der Waals surface area (Å²) in [6.45, 7) is 0.861. The van der Waals surface area contributed by atoms with Crippen LogP contribution < -0.4 is 9.86 Å². The predicted molar refractivity (Wildman–Crippen MR) is 97.9 cm³/mol. The second kappa shape index (κ2) is 5.78. The molecule has 1 aliphatic heterocycles. The summed E-state index contributed by atoms with van der Waals surface area (Å²) < 4.78 is 2.18. The first-order chi connectivity index (χ1) is 11.1. The molecule has 4 rings (SSSR count). The Hall–Kier alpha value is -1.62. The van der Waals surface area contributed by atoms with Gasteiger partial charge in [-0.25, -0.2) is 0 Å². The van der Waals surface area contributed by atoms with Gasteiger partial charge in [0.15, 0.2) is 0 Å². The number of benzene rings is 2. The molecule has 0 bridgehead atoms. The second-order valence-electron chi connectivity index (χ2n) is 5.35. The molecule has 0 unspecified atom stereocenters. The minimum absolute atomic E-state index is 0.0714. The van der Waals surface area contributed by atoms with Gasteiger partial charge in [-0.3, -0.25) is 4.79 Å². The number of rotatable bonds is 2. The summed E-state index contributed by atoms with van der Waals surface area (Å²) in [6.07, 6.45) is 2.57. The van der Waals surface area contributed by atoms with E-state index in [9.17, 15) is 4.79 Å². The highest BCUT2D eigenvalue weighted by Gasteiger charge is 2.23. The summed E-state index contributed by atoms with van der Waals surface area (Å²) in [5.41, 5.74) is 2.11. The molecule has 0 spiro atoms. The molecule has 23 heavy (non-hydrogen) atoms. The van der Waals surface area contributed by atoms with E-state index in [-0.39, 0.29) is 5.56 Å². The lowest BCUT2D eigenvalue weighted by Crippen LogP contribution is -2.11. The van der Waals surface area contributed by atoms with E-state index < -0.39 is 0 Å². The first kappa shape index (κ1) is 14.9. The Kier molecular flexibility index (Phi) is 3.76. The van der Waals surface area contributed by atoms with Crippen LogP contribution in [0.5, 0.6) is 0 Å². The molecule has 0 aliphatic carbocycles. The van der Waals surface area contributed by atoms with Crippen molar-refractivity contribution >= 4 is 51.6 Å². The maximum atomic E-state index is 11.9. The van der Waals surface area contributed by atoms with Crippen LogP contribution in [0.25, 0.3) is 10.8 Å². The van der Waals surface area contributed by atoms with Crippen molar-refractivity contribution in [3.8, 4) is 0 Å². The molecule has 2 aromatic carbocycles. The van der Waals surface area contributed by atoms with Crippen LogP contribution in [0.4, 0.5) is 5.69 Å². The number of nitrogens with zero attached hydrogens (tertiary/aromatic N) is 1. The Bertz CT molecular complexity index is 970. The van der Waals surface area contributed by atoms with Gasteiger partial charge in [0.25, 0.3) is 5.56 Å². The van der Waals surface area contributed by atoms with Crippen molar-refractivity contribution in [1.82, 2.24) is 4.98 Å². The third kappa shape index (κ3) is 2.61. The lowest BCUT2D eigenvalue weighted by atomic mass is 10.2. The summed E-state index contributed by atoms with van der Waals surface area (Å²) in [7, 11) is 0. The molecule has 0 atom stereocenters. The zero-order valence-corrected chi connectivity index (χ0v) is 14.3. The summed E-state index contributed by atoms with van der Waals surface area (Å²) >= 11 is 14.1. The lowest BCUT2D eigenvalue weighted by Gasteiger charge is -2.19. The SMILES string of the molecule is O=c1[nH]ccc2c(SN3CCc4c(Cl)cc(Cl)cc43)cccc12. The minimum atomic E-state index is -0.0714. The molecule has 2 heterocycles. The fourth-order valence-corrected chi connectivity index (χ4v) is 4.55. The van der Waals surface area contributed by atoms with E-state index in [4.69, 9.17) is 23.2 Å². The number of fused-ring (bicyclic) bond motifs is 2. The van der Waals surface area contributed by atoms with Crippen LogP contribution in [0.3, 0.4) is 0 Å². The molecule has 3 aromatic rings. The molecular weight excluding hydrogens is 351 g/mol. The molecule has 6 heteroatoms. The molecule has 0 saturated heterocycles. The highest BCUT2D eigenvalue weighted by atomic mass is 35.5. The molecule has 1 aromatic heterocycles. The number of aromatic nitrogens is 1. The van der Waals surface area contributed by atoms with Gasteiger partial charge in [0.1, 0.15) is 0 Å². The molecule has 3 nitrogen and oxygen atoms in total. The summed E-state index contributed by atoms with van der Waals surface area (Å²) in [4.78, 5) is 15.7. The Morgan fingerprint density at radius 2 is 2.00 bits per heavy atom. The third-order valence-corrected chi connectivity index (χ3v) is 5.66. The second-order valence-corrected chi connectivity index (χ2v) is 7.26. The van der Waals surface area contributed by atoms with Crippen molar-refractivity contribution < 1.29 is 0 Å². The van der Waals surface area contributed by atoms with E-state index in [1.54, 1.807) is 24.2 Å². The normalized spacial score (nSPS) is 13.6. The molecule has 0 saturated carbocycles. The summed E-state index contributed by atoms with van der Waals surface area (Å²) in [5.74, 6) is 0. The standard InChI is InChI=1S/C17H12Cl2N2OS/c18-10-8-14(19)13-5-7-21(15(13)9-10)23-16-3-1-2-12-11(16)4-6-20-17(12)22/h1-4,6,8-9H,5,7H2,(H,20,22). The number of hydrogen-bond donors (Lipinski definition) is 1. The van der Waals surface area contributed by atoms with E-state index >= 15 is 0 Å². The molecule has 116 valence electrons. The first-order valence-corrected chi connectivity index (χ1v) is 8.70. The topological polar surface area (TPSA) is 36.1 Å². The van der Waals surface area contributed by atoms with Gasteiger partial charge >= 0.3 is 0 Å². The molecule has 0 radical (unpaired) electrons. The van der Waals surface area contributed by atoms with Crippen LogP contribution >= 0.6 is 35.1 Å². The quantitative estimate of drug-likeness (QED) is 0.658. The maximum Gasteiger partial charge on any atom is 0.255 e. The third-order valence-electron chi connectivity index (χ3n) is 3.95. The van der Waals surface area contributed by atoms with Crippen LogP contribution in [0, 0.1) is 0 Å². The number of anilines is 1. The lowest BCUT2D eigenvalue weighted by molar-refractivity contribution is 1.05. The van der Waals surface area contributed by atoms with Gasteiger partial charge < -0.3 is 9.29 Å². The number of H-pyrrole nitrogens is 1. The zero-order valence-electron chi connectivity index (χ0n) is 12.0. The van der Waals surface area contributed by atoms with Gasteiger partial charge in [0.2, 0.25) is 0 Å². The van der Waals surface area contributed by atoms with Gasteiger partial charge in [-0.2, -0.15) is 0 Å². The van der Waals surface area contributed by atoms with Gasteiger partial charge in [0, 0.05) is 38.5 Å². The Morgan fingerprint density at radius 1 is 1.13 bits per heavy atom. The molecule has 0 amide bonds. The van der Waals surface area contributed by atoms with E-state index in [0.29, 0.717) is 15.4 Å². The van der Waals surface area contributed by atoms with E-state index in [2.05, 4.69) is 9.29 Å². The average Bonchev–Trinajstić information content (AvgIpc) is 2.92. The Balaban J connectivity index is 1.77. The van der Waals surface area contributed by atoms with Gasteiger partial charge in [-0.05, 0) is 54.3 Å². The molecular formula is C17H12Cl2N2OS. The van der Waals surface area contributed by atoms with Crippen LogP contribution in [0.15, 0.2) is 52.3 Å². The summed E-state index contributed by atoms with van der Waals surface area (Å²) in [5, 5.41) is 2.99. The van der Waals surface area contributed by atoms with E-state index in [1.165, 1.54) is 0 Å². The van der Waals surface area contributed by atoms with Crippen molar-refractivity contribution in [2.75, 3.05) is 10.8 Å². The fraction of sp³-hybridized carbons (Fsp3) is 0.118. The summed E-state index contributed by atoms with van der Waals surface area (Å²) in [6, 6.07) is 11.4. The Labute approximate surface area is 147 Å². The van der Waals surface area contributed by atoms with Crippen LogP contribution in [-0.4, -0.2) is 11.5 Å². The number of aromatic amines is 1. The van der Waals surface area contributed by atoms with Crippen LogP contribution in [-0.2, 0) is 6.42 Å². The average molecular weight is 363 g/mol. The number of hydrogen-bond acceptors (Lipinski definition) is 3. The highest BCUT2D eigenvalue weighted by Crippen LogP contribution is 2.42. The first-order valence-electron chi connectivity index (χ1n) is 7.17. The van der Waals surface area contributed by atoms with E-state index in [0.717, 1.165) is 34.5 Å².